The lowest BCUT2D eigenvalue weighted by atomic mass is 10.00. The van der Waals surface area contributed by atoms with Gasteiger partial charge >= 0.3 is 0 Å². The Balaban J connectivity index is 1.98. The molecule has 4 heteroatoms. The van der Waals surface area contributed by atoms with Crippen LogP contribution in [0.25, 0.3) is 16.9 Å². The van der Waals surface area contributed by atoms with Crippen molar-refractivity contribution in [3.63, 3.8) is 0 Å². The van der Waals surface area contributed by atoms with Crippen molar-refractivity contribution >= 4 is 5.69 Å². The van der Waals surface area contributed by atoms with Crippen LogP contribution in [0, 0.1) is 12.7 Å². The molecular formula is C17H14FN3. The van der Waals surface area contributed by atoms with Crippen LogP contribution in [-0.4, -0.2) is 9.78 Å². The van der Waals surface area contributed by atoms with Gasteiger partial charge in [-0.15, -0.1) is 0 Å². The SMILES string of the molecule is Cc1nn(-c2ccc(F)cc2)c2c1CNc1ccccc1-2. The predicted molar refractivity (Wildman–Crippen MR) is 81.0 cm³/mol. The molecule has 0 saturated heterocycles. The number of para-hydroxylation sites is 1. The maximum Gasteiger partial charge on any atom is 0.123 e. The van der Waals surface area contributed by atoms with Crippen molar-refractivity contribution in [2.45, 2.75) is 13.5 Å². The molecule has 0 unspecified atom stereocenters. The lowest BCUT2D eigenvalue weighted by Gasteiger charge is -2.20. The van der Waals surface area contributed by atoms with E-state index in [0.717, 1.165) is 34.9 Å². The van der Waals surface area contributed by atoms with Gasteiger partial charge in [-0.3, -0.25) is 0 Å². The summed E-state index contributed by atoms with van der Waals surface area (Å²) in [6.07, 6.45) is 0. The molecule has 2 heterocycles. The van der Waals surface area contributed by atoms with Crippen LogP contribution in [0.1, 0.15) is 11.3 Å². The molecule has 2 aromatic carbocycles. The Morgan fingerprint density at radius 1 is 1.10 bits per heavy atom. The minimum absolute atomic E-state index is 0.237. The summed E-state index contributed by atoms with van der Waals surface area (Å²) < 4.78 is 15.1. The molecule has 0 bridgehead atoms. The van der Waals surface area contributed by atoms with Crippen LogP contribution in [0.3, 0.4) is 0 Å². The van der Waals surface area contributed by atoms with Crippen molar-refractivity contribution in [3.8, 4) is 16.9 Å². The first-order chi connectivity index (χ1) is 10.2. The fraction of sp³-hybridized carbons (Fsp3) is 0.118. The first-order valence-electron chi connectivity index (χ1n) is 6.92. The van der Waals surface area contributed by atoms with E-state index in [4.69, 9.17) is 0 Å². The minimum atomic E-state index is -0.237. The van der Waals surface area contributed by atoms with Gasteiger partial charge in [0.05, 0.1) is 17.1 Å². The number of aromatic nitrogens is 2. The third-order valence-electron chi connectivity index (χ3n) is 3.89. The van der Waals surface area contributed by atoms with Gasteiger partial charge in [0.2, 0.25) is 0 Å². The van der Waals surface area contributed by atoms with E-state index >= 15 is 0 Å². The third-order valence-corrected chi connectivity index (χ3v) is 3.89. The third kappa shape index (κ3) is 1.83. The number of rotatable bonds is 1. The molecule has 0 atom stereocenters. The van der Waals surface area contributed by atoms with Gasteiger partial charge in [0.25, 0.3) is 0 Å². The molecule has 4 rings (SSSR count). The highest BCUT2D eigenvalue weighted by Crippen LogP contribution is 2.37. The normalized spacial score (nSPS) is 12.5. The number of nitrogens with one attached hydrogen (secondary N) is 1. The summed E-state index contributed by atoms with van der Waals surface area (Å²) >= 11 is 0. The van der Waals surface area contributed by atoms with E-state index in [9.17, 15) is 4.39 Å². The zero-order chi connectivity index (χ0) is 14.4. The minimum Gasteiger partial charge on any atom is -0.380 e. The molecule has 1 aromatic heterocycles. The van der Waals surface area contributed by atoms with Crippen LogP contribution in [0.4, 0.5) is 10.1 Å². The lowest BCUT2D eigenvalue weighted by Crippen LogP contribution is -2.10. The number of hydrogen-bond acceptors (Lipinski definition) is 2. The Bertz CT molecular complexity index is 819. The van der Waals surface area contributed by atoms with Crippen molar-refractivity contribution in [1.82, 2.24) is 9.78 Å². The van der Waals surface area contributed by atoms with Gasteiger partial charge in [-0.05, 0) is 37.3 Å². The molecule has 104 valence electrons. The summed E-state index contributed by atoms with van der Waals surface area (Å²) in [6.45, 7) is 2.77. The molecule has 0 radical (unpaired) electrons. The smallest absolute Gasteiger partial charge is 0.123 e. The van der Waals surface area contributed by atoms with Gasteiger partial charge in [-0.25, -0.2) is 9.07 Å². The summed E-state index contributed by atoms with van der Waals surface area (Å²) in [7, 11) is 0. The zero-order valence-corrected chi connectivity index (χ0v) is 11.6. The van der Waals surface area contributed by atoms with Gasteiger partial charge in [-0.2, -0.15) is 5.10 Å². The molecule has 1 aliphatic heterocycles. The molecule has 3 nitrogen and oxygen atoms in total. The van der Waals surface area contributed by atoms with Gasteiger partial charge < -0.3 is 5.32 Å². The average molecular weight is 279 g/mol. The highest BCUT2D eigenvalue weighted by Gasteiger charge is 2.23. The lowest BCUT2D eigenvalue weighted by molar-refractivity contribution is 0.627. The Hall–Kier alpha value is -2.62. The number of nitrogens with zero attached hydrogens (tertiary/aromatic N) is 2. The summed E-state index contributed by atoms with van der Waals surface area (Å²) in [4.78, 5) is 0. The fourth-order valence-corrected chi connectivity index (χ4v) is 2.84. The van der Waals surface area contributed by atoms with Crippen LogP contribution < -0.4 is 5.32 Å². The molecular weight excluding hydrogens is 265 g/mol. The molecule has 0 aliphatic carbocycles. The van der Waals surface area contributed by atoms with Crippen LogP contribution in [0.5, 0.6) is 0 Å². The molecule has 1 N–H and O–H groups in total. The molecule has 1 aliphatic rings. The molecule has 0 amide bonds. The summed E-state index contributed by atoms with van der Waals surface area (Å²) in [5.74, 6) is -0.237. The number of hydrogen-bond donors (Lipinski definition) is 1. The first kappa shape index (κ1) is 12.1. The van der Waals surface area contributed by atoms with Crippen LogP contribution in [-0.2, 0) is 6.54 Å². The highest BCUT2D eigenvalue weighted by molar-refractivity contribution is 5.82. The van der Waals surface area contributed by atoms with Crippen LogP contribution >= 0.6 is 0 Å². The maximum atomic E-state index is 13.1. The predicted octanol–water partition coefficient (Wildman–Crippen LogP) is 3.91. The van der Waals surface area contributed by atoms with Crippen molar-refractivity contribution < 1.29 is 4.39 Å². The molecule has 3 aromatic rings. The van der Waals surface area contributed by atoms with E-state index in [2.05, 4.69) is 22.5 Å². The molecule has 0 fully saturated rings. The maximum absolute atomic E-state index is 13.1. The standard InChI is InChI=1S/C17H14FN3/c1-11-15-10-19-16-5-3-2-4-14(16)17(15)21(20-11)13-8-6-12(18)7-9-13/h2-9,19H,10H2,1H3. The van der Waals surface area contributed by atoms with Crippen molar-refractivity contribution in [2.24, 2.45) is 0 Å². The monoisotopic (exact) mass is 279 g/mol. The second-order valence-electron chi connectivity index (χ2n) is 5.20. The highest BCUT2D eigenvalue weighted by atomic mass is 19.1. The van der Waals surface area contributed by atoms with E-state index < -0.39 is 0 Å². The largest absolute Gasteiger partial charge is 0.380 e. The summed E-state index contributed by atoms with van der Waals surface area (Å²) in [6, 6.07) is 14.6. The number of benzene rings is 2. The van der Waals surface area contributed by atoms with Crippen LogP contribution in [0.2, 0.25) is 0 Å². The van der Waals surface area contributed by atoms with Crippen molar-refractivity contribution in [1.29, 1.82) is 0 Å². The van der Waals surface area contributed by atoms with Crippen molar-refractivity contribution in [3.05, 3.63) is 65.6 Å². The second-order valence-corrected chi connectivity index (χ2v) is 5.20. The van der Waals surface area contributed by atoms with Crippen LogP contribution in [0.15, 0.2) is 48.5 Å². The van der Waals surface area contributed by atoms with Crippen molar-refractivity contribution in [2.75, 3.05) is 5.32 Å². The fourth-order valence-electron chi connectivity index (χ4n) is 2.84. The van der Waals surface area contributed by atoms with Gasteiger partial charge in [0.15, 0.2) is 0 Å². The Morgan fingerprint density at radius 2 is 1.86 bits per heavy atom. The Kier molecular flexibility index (Phi) is 2.57. The average Bonchev–Trinajstić information content (AvgIpc) is 2.86. The number of halogens is 1. The van der Waals surface area contributed by atoms with E-state index in [1.807, 2.05) is 23.7 Å². The molecule has 0 saturated carbocycles. The second kappa shape index (κ2) is 4.45. The first-order valence-corrected chi connectivity index (χ1v) is 6.92. The number of anilines is 1. The van der Waals surface area contributed by atoms with Gasteiger partial charge in [0.1, 0.15) is 5.82 Å². The summed E-state index contributed by atoms with van der Waals surface area (Å²) in [5.41, 5.74) is 6.39. The number of aryl methyl sites for hydroxylation is 1. The van der Waals surface area contributed by atoms with E-state index in [1.165, 1.54) is 17.7 Å². The topological polar surface area (TPSA) is 29.9 Å². The molecule has 0 spiro atoms. The van der Waals surface area contributed by atoms with Gasteiger partial charge in [-0.1, -0.05) is 18.2 Å². The van der Waals surface area contributed by atoms with E-state index in [1.54, 1.807) is 12.1 Å². The zero-order valence-electron chi connectivity index (χ0n) is 11.6. The number of fused-ring (bicyclic) bond motifs is 3. The molecule has 21 heavy (non-hydrogen) atoms. The van der Waals surface area contributed by atoms with E-state index in [0.29, 0.717) is 0 Å². The van der Waals surface area contributed by atoms with E-state index in [-0.39, 0.29) is 5.82 Å². The Labute approximate surface area is 122 Å². The Morgan fingerprint density at radius 3 is 2.67 bits per heavy atom. The van der Waals surface area contributed by atoms with Gasteiger partial charge in [0, 0.05) is 23.4 Å². The quantitative estimate of drug-likeness (QED) is 0.732. The summed E-state index contributed by atoms with van der Waals surface area (Å²) in [5, 5.41) is 8.07.